The topological polar surface area (TPSA) is 38.0 Å². The van der Waals surface area contributed by atoms with Gasteiger partial charge in [0.1, 0.15) is 5.82 Å². The van der Waals surface area contributed by atoms with Gasteiger partial charge in [0.15, 0.2) is 5.11 Å². The maximum Gasteiger partial charge on any atom is 0.168 e. The molecule has 17 heavy (non-hydrogen) atoms. The number of nitrogens with one attached hydrogen (secondary N) is 1. The number of benzene rings is 2. The second-order valence-electron chi connectivity index (χ2n) is 3.58. The summed E-state index contributed by atoms with van der Waals surface area (Å²) in [5.41, 5.74) is 8.14. The van der Waals surface area contributed by atoms with Gasteiger partial charge in [-0.15, -0.1) is 0 Å². The van der Waals surface area contributed by atoms with Gasteiger partial charge in [-0.2, -0.15) is 0 Å². The molecule has 4 heteroatoms. The van der Waals surface area contributed by atoms with Crippen molar-refractivity contribution in [3.8, 4) is 11.1 Å². The van der Waals surface area contributed by atoms with Crippen LogP contribution in [0.2, 0.25) is 0 Å². The van der Waals surface area contributed by atoms with Crippen LogP contribution in [0.3, 0.4) is 0 Å². The maximum atomic E-state index is 12.8. The third-order valence-electron chi connectivity index (χ3n) is 2.31. The fourth-order valence-electron chi connectivity index (χ4n) is 1.56. The first-order chi connectivity index (χ1) is 8.15. The van der Waals surface area contributed by atoms with Gasteiger partial charge in [-0.05, 0) is 47.6 Å². The van der Waals surface area contributed by atoms with E-state index in [1.165, 1.54) is 12.1 Å². The summed E-state index contributed by atoms with van der Waals surface area (Å²) >= 11 is 4.77. The lowest BCUT2D eigenvalue weighted by atomic mass is 10.1. The minimum Gasteiger partial charge on any atom is -0.376 e. The van der Waals surface area contributed by atoms with Gasteiger partial charge in [0.25, 0.3) is 0 Å². The molecule has 0 atom stereocenters. The molecule has 0 aliphatic heterocycles. The number of hydrogen-bond donors (Lipinski definition) is 2. The average molecular weight is 246 g/mol. The van der Waals surface area contributed by atoms with Gasteiger partial charge in [-0.1, -0.05) is 24.3 Å². The monoisotopic (exact) mass is 246 g/mol. The molecule has 2 aromatic carbocycles. The predicted octanol–water partition coefficient (Wildman–Crippen LogP) is 3.15. The molecule has 2 nitrogen and oxygen atoms in total. The highest BCUT2D eigenvalue weighted by Crippen LogP contribution is 2.22. The van der Waals surface area contributed by atoms with Crippen LogP contribution < -0.4 is 11.1 Å². The van der Waals surface area contributed by atoms with E-state index in [1.54, 1.807) is 12.1 Å². The van der Waals surface area contributed by atoms with Crippen molar-refractivity contribution in [3.63, 3.8) is 0 Å². The van der Waals surface area contributed by atoms with E-state index >= 15 is 0 Å². The van der Waals surface area contributed by atoms with Crippen molar-refractivity contribution in [1.82, 2.24) is 0 Å². The Labute approximate surface area is 104 Å². The van der Waals surface area contributed by atoms with Gasteiger partial charge in [0, 0.05) is 5.69 Å². The fourth-order valence-corrected chi connectivity index (χ4v) is 1.68. The van der Waals surface area contributed by atoms with Crippen LogP contribution in [0.1, 0.15) is 0 Å². The third-order valence-corrected chi connectivity index (χ3v) is 2.41. The highest BCUT2D eigenvalue weighted by molar-refractivity contribution is 7.80. The number of thiocarbonyl (C=S) groups is 1. The summed E-state index contributed by atoms with van der Waals surface area (Å²) < 4.78 is 12.8. The van der Waals surface area contributed by atoms with Gasteiger partial charge >= 0.3 is 0 Å². The van der Waals surface area contributed by atoms with E-state index in [1.807, 2.05) is 24.3 Å². The van der Waals surface area contributed by atoms with Crippen LogP contribution in [0, 0.1) is 5.82 Å². The van der Waals surface area contributed by atoms with Crippen LogP contribution in [0.4, 0.5) is 10.1 Å². The van der Waals surface area contributed by atoms with E-state index in [2.05, 4.69) is 5.32 Å². The van der Waals surface area contributed by atoms with Crippen LogP contribution in [0.5, 0.6) is 0 Å². The molecule has 3 N–H and O–H groups in total. The lowest BCUT2D eigenvalue weighted by Gasteiger charge is -2.06. The second-order valence-corrected chi connectivity index (χ2v) is 4.02. The van der Waals surface area contributed by atoms with Crippen molar-refractivity contribution < 1.29 is 4.39 Å². The largest absolute Gasteiger partial charge is 0.376 e. The maximum absolute atomic E-state index is 12.8. The van der Waals surface area contributed by atoms with Crippen molar-refractivity contribution >= 4 is 23.0 Å². The zero-order chi connectivity index (χ0) is 12.3. The van der Waals surface area contributed by atoms with Crippen molar-refractivity contribution in [2.24, 2.45) is 5.73 Å². The Morgan fingerprint density at radius 2 is 1.76 bits per heavy atom. The third kappa shape index (κ3) is 3.01. The van der Waals surface area contributed by atoms with E-state index in [4.69, 9.17) is 18.0 Å². The highest BCUT2D eigenvalue weighted by atomic mass is 32.1. The van der Waals surface area contributed by atoms with Crippen molar-refractivity contribution in [1.29, 1.82) is 0 Å². The van der Waals surface area contributed by atoms with Crippen LogP contribution in [0.15, 0.2) is 48.5 Å². The SMILES string of the molecule is NC(=S)Nc1cccc(-c2ccc(F)cc2)c1. The summed E-state index contributed by atoms with van der Waals surface area (Å²) in [4.78, 5) is 0. The van der Waals surface area contributed by atoms with Crippen LogP contribution in [0.25, 0.3) is 11.1 Å². The van der Waals surface area contributed by atoms with Crippen molar-refractivity contribution in [2.75, 3.05) is 5.32 Å². The Kier molecular flexibility index (Phi) is 3.35. The molecule has 0 spiro atoms. The molecular weight excluding hydrogens is 235 g/mol. The van der Waals surface area contributed by atoms with E-state index < -0.39 is 0 Å². The first kappa shape index (κ1) is 11.5. The molecule has 0 aliphatic rings. The van der Waals surface area contributed by atoms with Crippen LogP contribution >= 0.6 is 12.2 Å². The number of nitrogens with two attached hydrogens (primary N) is 1. The molecular formula is C13H11FN2S. The Bertz CT molecular complexity index is 537. The molecule has 0 bridgehead atoms. The summed E-state index contributed by atoms with van der Waals surface area (Å²) in [6, 6.07) is 13.9. The molecule has 86 valence electrons. The van der Waals surface area contributed by atoms with Crippen LogP contribution in [-0.4, -0.2) is 5.11 Å². The minimum absolute atomic E-state index is 0.223. The predicted molar refractivity (Wildman–Crippen MR) is 72.2 cm³/mol. The summed E-state index contributed by atoms with van der Waals surface area (Å²) in [6.45, 7) is 0. The molecule has 0 aliphatic carbocycles. The summed E-state index contributed by atoms with van der Waals surface area (Å²) in [5, 5.41) is 3.08. The lowest BCUT2D eigenvalue weighted by Crippen LogP contribution is -2.18. The number of halogens is 1. The summed E-state index contributed by atoms with van der Waals surface area (Å²) in [5.74, 6) is -0.244. The van der Waals surface area contributed by atoms with E-state index in [9.17, 15) is 4.39 Å². The smallest absolute Gasteiger partial charge is 0.168 e. The number of anilines is 1. The molecule has 2 aromatic rings. The molecule has 0 saturated heterocycles. The van der Waals surface area contributed by atoms with Gasteiger partial charge in [0.2, 0.25) is 0 Å². The van der Waals surface area contributed by atoms with Crippen LogP contribution in [-0.2, 0) is 0 Å². The molecule has 0 unspecified atom stereocenters. The molecule has 0 heterocycles. The molecule has 0 aromatic heterocycles. The van der Waals surface area contributed by atoms with Gasteiger partial charge < -0.3 is 11.1 Å². The van der Waals surface area contributed by atoms with Crippen molar-refractivity contribution in [2.45, 2.75) is 0 Å². The quantitative estimate of drug-likeness (QED) is 0.799. The van der Waals surface area contributed by atoms with E-state index in [0.717, 1.165) is 16.8 Å². The number of hydrogen-bond acceptors (Lipinski definition) is 1. The van der Waals surface area contributed by atoms with Crippen molar-refractivity contribution in [3.05, 3.63) is 54.3 Å². The molecule has 0 fully saturated rings. The van der Waals surface area contributed by atoms with Gasteiger partial charge in [-0.3, -0.25) is 0 Å². The molecule has 2 rings (SSSR count). The Balaban J connectivity index is 2.32. The Morgan fingerprint density at radius 1 is 1.06 bits per heavy atom. The molecule has 0 amide bonds. The van der Waals surface area contributed by atoms with Gasteiger partial charge in [-0.25, -0.2) is 4.39 Å². The van der Waals surface area contributed by atoms with E-state index in [-0.39, 0.29) is 10.9 Å². The number of rotatable bonds is 2. The zero-order valence-electron chi connectivity index (χ0n) is 8.98. The highest BCUT2D eigenvalue weighted by Gasteiger charge is 2.00. The second kappa shape index (κ2) is 4.93. The Hall–Kier alpha value is -1.94. The molecule has 0 radical (unpaired) electrons. The zero-order valence-corrected chi connectivity index (χ0v) is 9.80. The van der Waals surface area contributed by atoms with Gasteiger partial charge in [0.05, 0.1) is 0 Å². The fraction of sp³-hybridized carbons (Fsp3) is 0. The molecule has 0 saturated carbocycles. The lowest BCUT2D eigenvalue weighted by molar-refractivity contribution is 0.628. The normalized spacial score (nSPS) is 9.94. The minimum atomic E-state index is -0.244. The Morgan fingerprint density at radius 3 is 2.41 bits per heavy atom. The summed E-state index contributed by atoms with van der Waals surface area (Å²) in [6.07, 6.45) is 0. The summed E-state index contributed by atoms with van der Waals surface area (Å²) in [7, 11) is 0. The standard InChI is InChI=1S/C13H11FN2S/c14-11-6-4-9(5-7-11)10-2-1-3-12(8-10)16-13(15)17/h1-8H,(H3,15,16,17). The van der Waals surface area contributed by atoms with E-state index in [0.29, 0.717) is 0 Å². The first-order valence-corrected chi connectivity index (χ1v) is 5.48. The average Bonchev–Trinajstić information content (AvgIpc) is 2.29. The first-order valence-electron chi connectivity index (χ1n) is 5.07.